The number of hydrogen-bond acceptors (Lipinski definition) is 3. The van der Waals surface area contributed by atoms with Crippen molar-refractivity contribution in [2.75, 3.05) is 37.7 Å². The van der Waals surface area contributed by atoms with Crippen molar-refractivity contribution >= 4 is 11.6 Å². The van der Waals surface area contributed by atoms with Crippen molar-refractivity contribution in [2.24, 2.45) is 10.9 Å². The number of ether oxygens (including phenoxy) is 1. The quantitative estimate of drug-likeness (QED) is 0.504. The second kappa shape index (κ2) is 10.7. The Hall–Kier alpha value is -2.53. The molecule has 2 aromatic rings. The first kappa shape index (κ1) is 21.7. The van der Waals surface area contributed by atoms with Crippen LogP contribution >= 0.6 is 0 Å². The maximum Gasteiger partial charge on any atom is 0.191 e. The molecule has 2 aromatic carbocycles. The highest BCUT2D eigenvalue weighted by Crippen LogP contribution is 2.34. The summed E-state index contributed by atoms with van der Waals surface area (Å²) in [7, 11) is 0. The number of guanidine groups is 1. The first-order valence-electron chi connectivity index (χ1n) is 11.8. The van der Waals surface area contributed by atoms with Crippen molar-refractivity contribution in [2.45, 2.75) is 45.3 Å². The van der Waals surface area contributed by atoms with Gasteiger partial charge in [0.25, 0.3) is 0 Å². The lowest BCUT2D eigenvalue weighted by atomic mass is 9.95. The van der Waals surface area contributed by atoms with E-state index in [-0.39, 0.29) is 12.1 Å². The highest BCUT2D eigenvalue weighted by Gasteiger charge is 2.29. The van der Waals surface area contributed by atoms with E-state index in [2.05, 4.69) is 84.0 Å². The van der Waals surface area contributed by atoms with Gasteiger partial charge in [-0.2, -0.15) is 0 Å². The Labute approximate surface area is 186 Å². The molecular weight excluding hydrogens is 384 g/mol. The molecule has 2 fully saturated rings. The van der Waals surface area contributed by atoms with E-state index in [0.29, 0.717) is 5.92 Å². The Morgan fingerprint density at radius 1 is 1.13 bits per heavy atom. The minimum atomic E-state index is 0.141. The fraction of sp³-hybridized carbons (Fsp3) is 0.500. The molecule has 166 valence electrons. The zero-order chi connectivity index (χ0) is 21.5. The molecule has 0 spiro atoms. The molecule has 3 atom stereocenters. The molecule has 4 rings (SSSR count). The number of aliphatic imine (C=N–C) groups is 1. The third-order valence-corrected chi connectivity index (χ3v) is 6.37. The maximum absolute atomic E-state index is 6.04. The minimum Gasteiger partial charge on any atom is -0.373 e. The Bertz CT molecular complexity index is 847. The highest BCUT2D eigenvalue weighted by atomic mass is 16.5. The molecule has 0 aromatic heterocycles. The predicted molar refractivity (Wildman–Crippen MR) is 129 cm³/mol. The van der Waals surface area contributed by atoms with Crippen LogP contribution in [0.15, 0.2) is 59.6 Å². The molecule has 31 heavy (non-hydrogen) atoms. The third-order valence-electron chi connectivity index (χ3n) is 6.37. The molecule has 0 radical (unpaired) electrons. The molecule has 0 aliphatic carbocycles. The fourth-order valence-electron chi connectivity index (χ4n) is 4.62. The van der Waals surface area contributed by atoms with Gasteiger partial charge in [0, 0.05) is 44.4 Å². The number of rotatable bonds is 7. The van der Waals surface area contributed by atoms with Gasteiger partial charge in [0.15, 0.2) is 5.96 Å². The van der Waals surface area contributed by atoms with Gasteiger partial charge in [0.2, 0.25) is 0 Å². The van der Waals surface area contributed by atoms with Crippen LogP contribution < -0.4 is 15.5 Å². The van der Waals surface area contributed by atoms with E-state index in [0.717, 1.165) is 32.1 Å². The van der Waals surface area contributed by atoms with E-state index >= 15 is 0 Å². The molecule has 5 heteroatoms. The maximum atomic E-state index is 6.04. The van der Waals surface area contributed by atoms with Crippen LogP contribution in [0, 0.1) is 5.92 Å². The Kier molecular flexibility index (Phi) is 7.47. The Morgan fingerprint density at radius 3 is 2.71 bits per heavy atom. The molecule has 3 unspecified atom stereocenters. The summed E-state index contributed by atoms with van der Waals surface area (Å²) in [5.41, 5.74) is 3.88. The number of benzene rings is 2. The van der Waals surface area contributed by atoms with Gasteiger partial charge in [-0.05, 0) is 56.4 Å². The van der Waals surface area contributed by atoms with Gasteiger partial charge in [-0.25, -0.2) is 0 Å². The summed E-state index contributed by atoms with van der Waals surface area (Å²) in [4.78, 5) is 7.43. The van der Waals surface area contributed by atoms with Crippen molar-refractivity contribution in [1.82, 2.24) is 10.6 Å². The van der Waals surface area contributed by atoms with Crippen LogP contribution in [0.1, 0.15) is 56.4 Å². The van der Waals surface area contributed by atoms with E-state index in [1.165, 1.54) is 42.7 Å². The summed E-state index contributed by atoms with van der Waals surface area (Å²) in [6, 6.07) is 19.7. The average Bonchev–Trinajstić information content (AvgIpc) is 3.50. The summed E-state index contributed by atoms with van der Waals surface area (Å²) in [6.45, 7) is 9.07. The topological polar surface area (TPSA) is 48.9 Å². The zero-order valence-electron chi connectivity index (χ0n) is 18.9. The van der Waals surface area contributed by atoms with E-state index in [4.69, 9.17) is 9.73 Å². The number of hydrogen-bond donors (Lipinski definition) is 2. The molecule has 2 saturated heterocycles. The normalized spacial score (nSPS) is 22.5. The van der Waals surface area contributed by atoms with Gasteiger partial charge in [-0.1, -0.05) is 42.5 Å². The summed E-state index contributed by atoms with van der Waals surface area (Å²) in [6.07, 6.45) is 3.78. The fourth-order valence-corrected chi connectivity index (χ4v) is 4.62. The lowest BCUT2D eigenvalue weighted by Gasteiger charge is -2.22. The van der Waals surface area contributed by atoms with Crippen LogP contribution in [0.2, 0.25) is 0 Å². The molecule has 2 heterocycles. The van der Waals surface area contributed by atoms with Gasteiger partial charge in [0.05, 0.1) is 12.1 Å². The summed E-state index contributed by atoms with van der Waals surface area (Å²) < 4.78 is 6.04. The van der Waals surface area contributed by atoms with Crippen molar-refractivity contribution in [3.8, 4) is 0 Å². The molecule has 0 amide bonds. The summed E-state index contributed by atoms with van der Waals surface area (Å²) >= 11 is 0. The molecule has 2 aliphatic heterocycles. The molecule has 2 aliphatic rings. The van der Waals surface area contributed by atoms with Crippen molar-refractivity contribution < 1.29 is 4.74 Å². The van der Waals surface area contributed by atoms with Crippen LogP contribution in [0.4, 0.5) is 5.69 Å². The number of anilines is 1. The lowest BCUT2D eigenvalue weighted by Crippen LogP contribution is -2.39. The monoisotopic (exact) mass is 420 g/mol. The highest BCUT2D eigenvalue weighted by molar-refractivity contribution is 5.80. The van der Waals surface area contributed by atoms with E-state index in [9.17, 15) is 0 Å². The average molecular weight is 421 g/mol. The third kappa shape index (κ3) is 5.59. The molecule has 0 saturated carbocycles. The summed E-state index contributed by atoms with van der Waals surface area (Å²) in [5, 5.41) is 7.03. The lowest BCUT2D eigenvalue weighted by molar-refractivity contribution is 0.0925. The number of nitrogens with zero attached hydrogens (tertiary/aromatic N) is 2. The SMILES string of the molecule is CCNC(=NCC1CCOC1c1ccccc1)NC(C)c1cccc(N2CCCC2)c1. The molecule has 5 nitrogen and oxygen atoms in total. The van der Waals surface area contributed by atoms with E-state index in [1.807, 2.05) is 0 Å². The Balaban J connectivity index is 1.41. The van der Waals surface area contributed by atoms with Crippen molar-refractivity contribution in [1.29, 1.82) is 0 Å². The van der Waals surface area contributed by atoms with Crippen molar-refractivity contribution in [3.63, 3.8) is 0 Å². The van der Waals surface area contributed by atoms with E-state index in [1.54, 1.807) is 0 Å². The minimum absolute atomic E-state index is 0.141. The van der Waals surface area contributed by atoms with Gasteiger partial charge in [-0.3, -0.25) is 4.99 Å². The van der Waals surface area contributed by atoms with Gasteiger partial charge < -0.3 is 20.3 Å². The largest absolute Gasteiger partial charge is 0.373 e. The number of nitrogens with one attached hydrogen (secondary N) is 2. The Morgan fingerprint density at radius 2 is 1.94 bits per heavy atom. The van der Waals surface area contributed by atoms with Crippen LogP contribution in [0.3, 0.4) is 0 Å². The van der Waals surface area contributed by atoms with Crippen LogP contribution in [0.5, 0.6) is 0 Å². The van der Waals surface area contributed by atoms with Crippen LogP contribution in [-0.4, -0.2) is 38.7 Å². The standard InChI is InChI=1S/C26H36N4O/c1-3-27-26(28-19-23-14-17-31-25(23)21-10-5-4-6-11-21)29-20(2)22-12-9-13-24(18-22)30-15-7-8-16-30/h4-6,9-13,18,20,23,25H,3,7-8,14-17,19H2,1-2H3,(H2,27,28,29). The van der Waals surface area contributed by atoms with Gasteiger partial charge in [0.1, 0.15) is 0 Å². The van der Waals surface area contributed by atoms with Gasteiger partial charge in [-0.15, -0.1) is 0 Å². The molecular formula is C26H36N4O. The second-order valence-corrected chi connectivity index (χ2v) is 8.63. The van der Waals surface area contributed by atoms with E-state index < -0.39 is 0 Å². The summed E-state index contributed by atoms with van der Waals surface area (Å²) in [5.74, 6) is 1.28. The molecule has 2 N–H and O–H groups in total. The second-order valence-electron chi connectivity index (χ2n) is 8.63. The van der Waals surface area contributed by atoms with Crippen molar-refractivity contribution in [3.05, 3.63) is 65.7 Å². The smallest absolute Gasteiger partial charge is 0.191 e. The first-order valence-corrected chi connectivity index (χ1v) is 11.8. The molecule has 0 bridgehead atoms. The van der Waals surface area contributed by atoms with Gasteiger partial charge >= 0.3 is 0 Å². The predicted octanol–water partition coefficient (Wildman–Crippen LogP) is 4.68. The first-order chi connectivity index (χ1) is 15.2. The van der Waals surface area contributed by atoms with Crippen LogP contribution in [-0.2, 0) is 4.74 Å². The van der Waals surface area contributed by atoms with Crippen LogP contribution in [0.25, 0.3) is 0 Å². The zero-order valence-corrected chi connectivity index (χ0v) is 18.9.